The van der Waals surface area contributed by atoms with Crippen molar-refractivity contribution in [3.8, 4) is 5.75 Å². The summed E-state index contributed by atoms with van der Waals surface area (Å²) in [4.78, 5) is 25.2. The molecule has 0 spiro atoms. The van der Waals surface area contributed by atoms with Gasteiger partial charge in [-0.3, -0.25) is 4.79 Å². The molecular formula is C27H27ClN2O4S. The van der Waals surface area contributed by atoms with Gasteiger partial charge in [0.1, 0.15) is 11.4 Å². The van der Waals surface area contributed by atoms with Crippen molar-refractivity contribution in [2.75, 3.05) is 6.61 Å². The van der Waals surface area contributed by atoms with Gasteiger partial charge in [-0.05, 0) is 92.6 Å². The summed E-state index contributed by atoms with van der Waals surface area (Å²) >= 11 is 7.61. The molecule has 3 aromatic carbocycles. The zero-order valence-corrected chi connectivity index (χ0v) is 21.4. The highest BCUT2D eigenvalue weighted by molar-refractivity contribution is 7.98. The van der Waals surface area contributed by atoms with Crippen molar-refractivity contribution >= 4 is 41.5 Å². The summed E-state index contributed by atoms with van der Waals surface area (Å²) in [6, 6.07) is 22.1. The number of esters is 1. The molecular weight excluding hydrogens is 484 g/mol. The number of benzene rings is 3. The van der Waals surface area contributed by atoms with E-state index in [-0.39, 0.29) is 12.5 Å². The number of nitrogens with zero attached hydrogens (tertiary/aromatic N) is 1. The van der Waals surface area contributed by atoms with Crippen molar-refractivity contribution < 1.29 is 19.1 Å². The molecule has 35 heavy (non-hydrogen) atoms. The summed E-state index contributed by atoms with van der Waals surface area (Å²) in [5, 5.41) is 4.73. The maximum atomic E-state index is 12.4. The molecule has 0 fully saturated rings. The second-order valence-electron chi connectivity index (χ2n) is 8.58. The lowest BCUT2D eigenvalue weighted by molar-refractivity contribution is -0.157. The van der Waals surface area contributed by atoms with Gasteiger partial charge in [0.05, 0.1) is 6.21 Å². The first kappa shape index (κ1) is 26.3. The molecule has 6 nitrogen and oxygen atoms in total. The first-order valence-corrected chi connectivity index (χ1v) is 12.3. The molecule has 0 aliphatic heterocycles. The third-order valence-electron chi connectivity index (χ3n) is 4.47. The first-order chi connectivity index (χ1) is 16.7. The van der Waals surface area contributed by atoms with E-state index in [1.165, 1.54) is 6.21 Å². The molecule has 0 bridgehead atoms. The molecule has 0 aliphatic rings. The largest absolute Gasteiger partial charge is 0.482 e. The van der Waals surface area contributed by atoms with Crippen molar-refractivity contribution in [1.82, 2.24) is 5.43 Å². The number of rotatable bonds is 9. The van der Waals surface area contributed by atoms with Gasteiger partial charge < -0.3 is 9.47 Å². The summed E-state index contributed by atoms with van der Waals surface area (Å²) < 4.78 is 10.6. The number of carbonyl (C=O) groups excluding carboxylic acids is 2. The minimum absolute atomic E-state index is 0.167. The fourth-order valence-electron chi connectivity index (χ4n) is 2.84. The summed E-state index contributed by atoms with van der Waals surface area (Å²) in [5.74, 6) is 0.597. The average Bonchev–Trinajstić information content (AvgIpc) is 2.82. The molecule has 0 atom stereocenters. The highest BCUT2D eigenvalue weighted by atomic mass is 35.5. The predicted octanol–water partition coefficient (Wildman–Crippen LogP) is 6.12. The number of nitrogens with one attached hydrogen (secondary N) is 1. The Morgan fingerprint density at radius 1 is 0.971 bits per heavy atom. The molecule has 0 radical (unpaired) electrons. The van der Waals surface area contributed by atoms with Crippen LogP contribution in [-0.2, 0) is 15.3 Å². The zero-order chi connectivity index (χ0) is 25.3. The predicted molar refractivity (Wildman–Crippen MR) is 140 cm³/mol. The fourth-order valence-corrected chi connectivity index (χ4v) is 3.82. The van der Waals surface area contributed by atoms with Crippen LogP contribution in [0.2, 0.25) is 5.02 Å². The van der Waals surface area contributed by atoms with Gasteiger partial charge in [0.2, 0.25) is 0 Å². The van der Waals surface area contributed by atoms with Gasteiger partial charge in [0.15, 0.2) is 6.61 Å². The zero-order valence-electron chi connectivity index (χ0n) is 19.8. The van der Waals surface area contributed by atoms with E-state index in [2.05, 4.69) is 10.5 Å². The van der Waals surface area contributed by atoms with E-state index in [1.807, 2.05) is 36.4 Å². The summed E-state index contributed by atoms with van der Waals surface area (Å²) in [6.45, 7) is 5.24. The van der Waals surface area contributed by atoms with Gasteiger partial charge in [0, 0.05) is 21.2 Å². The van der Waals surface area contributed by atoms with E-state index >= 15 is 0 Å². The van der Waals surface area contributed by atoms with Crippen molar-refractivity contribution in [2.45, 2.75) is 37.0 Å². The molecule has 0 saturated carbocycles. The molecule has 0 aliphatic carbocycles. The van der Waals surface area contributed by atoms with Gasteiger partial charge >= 0.3 is 5.97 Å². The van der Waals surface area contributed by atoms with Crippen LogP contribution in [0.15, 0.2) is 82.8 Å². The first-order valence-electron chi connectivity index (χ1n) is 10.9. The molecule has 1 N–H and O–H groups in total. The Hall–Kier alpha value is -3.29. The van der Waals surface area contributed by atoms with Crippen molar-refractivity contribution in [3.05, 3.63) is 94.5 Å². The van der Waals surface area contributed by atoms with Gasteiger partial charge in [0.25, 0.3) is 5.91 Å². The highest BCUT2D eigenvalue weighted by Gasteiger charge is 2.16. The molecule has 0 aromatic heterocycles. The lowest BCUT2D eigenvalue weighted by atomic mass is 10.1. The quantitative estimate of drug-likeness (QED) is 0.162. The van der Waals surface area contributed by atoms with Crippen LogP contribution in [0, 0.1) is 0 Å². The van der Waals surface area contributed by atoms with Gasteiger partial charge in [-0.25, -0.2) is 10.2 Å². The number of ether oxygens (including phenoxy) is 2. The van der Waals surface area contributed by atoms with E-state index in [0.717, 1.165) is 21.8 Å². The van der Waals surface area contributed by atoms with Crippen LogP contribution in [0.1, 0.15) is 42.3 Å². The lowest BCUT2D eigenvalue weighted by Gasteiger charge is -2.19. The van der Waals surface area contributed by atoms with Gasteiger partial charge in [-0.1, -0.05) is 23.7 Å². The monoisotopic (exact) mass is 510 g/mol. The van der Waals surface area contributed by atoms with Crippen molar-refractivity contribution in [2.24, 2.45) is 5.10 Å². The normalized spacial score (nSPS) is 11.3. The number of hydrazone groups is 1. The average molecular weight is 511 g/mol. The molecule has 0 heterocycles. The number of hydrogen-bond donors (Lipinski definition) is 1. The standard InChI is InChI=1S/C27H27ClN2O4S/c1-27(2,3)34-25(31)17-33-23-12-6-19(7-13-23)16-29-30-26(32)21-8-4-20(5-9-21)18-35-24-14-10-22(28)11-15-24/h4-16H,17-18H2,1-3H3,(H,30,32)/b29-16+. The molecule has 3 rings (SSSR count). The summed E-state index contributed by atoms with van der Waals surface area (Å²) in [5.41, 5.74) is 4.38. The van der Waals surface area contributed by atoms with E-state index < -0.39 is 11.6 Å². The maximum absolute atomic E-state index is 12.4. The Labute approximate surface area is 214 Å². The van der Waals surface area contributed by atoms with Crippen LogP contribution in [-0.4, -0.2) is 30.3 Å². The number of hydrogen-bond acceptors (Lipinski definition) is 6. The maximum Gasteiger partial charge on any atom is 0.344 e. The Balaban J connectivity index is 1.43. The Morgan fingerprint density at radius 3 is 2.26 bits per heavy atom. The van der Waals surface area contributed by atoms with E-state index in [4.69, 9.17) is 21.1 Å². The fraction of sp³-hybridized carbons (Fsp3) is 0.222. The third-order valence-corrected chi connectivity index (χ3v) is 5.81. The number of amides is 1. The minimum atomic E-state index is -0.551. The van der Waals surface area contributed by atoms with E-state index in [1.54, 1.807) is 68.9 Å². The van der Waals surface area contributed by atoms with Crippen LogP contribution >= 0.6 is 23.4 Å². The topological polar surface area (TPSA) is 77.0 Å². The number of carbonyl (C=O) groups is 2. The lowest BCUT2D eigenvalue weighted by Crippen LogP contribution is -2.27. The van der Waals surface area contributed by atoms with Crippen LogP contribution in [0.3, 0.4) is 0 Å². The SMILES string of the molecule is CC(C)(C)OC(=O)COc1ccc(/C=N/NC(=O)c2ccc(CSc3ccc(Cl)cc3)cc2)cc1. The van der Waals surface area contributed by atoms with Crippen molar-refractivity contribution in [3.63, 3.8) is 0 Å². The summed E-state index contributed by atoms with van der Waals surface area (Å²) in [7, 11) is 0. The van der Waals surface area contributed by atoms with Gasteiger partial charge in [-0.2, -0.15) is 5.10 Å². The van der Waals surface area contributed by atoms with Crippen LogP contribution in [0.4, 0.5) is 0 Å². The minimum Gasteiger partial charge on any atom is -0.482 e. The molecule has 3 aromatic rings. The van der Waals surface area contributed by atoms with Crippen LogP contribution in [0.5, 0.6) is 5.75 Å². The van der Waals surface area contributed by atoms with Crippen LogP contribution < -0.4 is 10.2 Å². The smallest absolute Gasteiger partial charge is 0.344 e. The van der Waals surface area contributed by atoms with E-state index in [9.17, 15) is 9.59 Å². The van der Waals surface area contributed by atoms with Gasteiger partial charge in [-0.15, -0.1) is 11.8 Å². The Kier molecular flexibility index (Phi) is 9.34. The van der Waals surface area contributed by atoms with E-state index in [0.29, 0.717) is 16.3 Å². The molecule has 0 unspecified atom stereocenters. The highest BCUT2D eigenvalue weighted by Crippen LogP contribution is 2.24. The Bertz CT molecular complexity index is 1160. The molecule has 1 amide bonds. The molecule has 8 heteroatoms. The second-order valence-corrected chi connectivity index (χ2v) is 10.1. The second kappa shape index (κ2) is 12.4. The van der Waals surface area contributed by atoms with Crippen LogP contribution in [0.25, 0.3) is 0 Å². The molecule has 0 saturated heterocycles. The van der Waals surface area contributed by atoms with Crippen molar-refractivity contribution in [1.29, 1.82) is 0 Å². The third kappa shape index (κ3) is 9.47. The number of thioether (sulfide) groups is 1. The molecule has 182 valence electrons. The summed E-state index contributed by atoms with van der Waals surface area (Å²) in [6.07, 6.45) is 1.53. The Morgan fingerprint density at radius 2 is 1.63 bits per heavy atom. The number of halogens is 1.